The van der Waals surface area contributed by atoms with Crippen LogP contribution in [0.25, 0.3) is 10.9 Å². The van der Waals surface area contributed by atoms with Crippen LogP contribution < -0.4 is 0 Å². The monoisotopic (exact) mass is 355 g/mol. The highest BCUT2D eigenvalue weighted by Gasteiger charge is 2.30. The van der Waals surface area contributed by atoms with Crippen molar-refractivity contribution < 1.29 is 14.3 Å². The molecule has 0 bridgehead atoms. The number of fused-ring (bicyclic) bond motifs is 1. The lowest BCUT2D eigenvalue weighted by molar-refractivity contribution is -0.158. The Morgan fingerprint density at radius 2 is 1.96 bits per heavy atom. The number of hydrazine groups is 1. The normalized spacial score (nSPS) is 14.2. The van der Waals surface area contributed by atoms with Crippen molar-refractivity contribution in [1.82, 2.24) is 15.0 Å². The number of rotatable bonds is 7. The number of carbonyl (C=O) groups excluding carboxylic acids is 2. The van der Waals surface area contributed by atoms with Crippen LogP contribution in [0.5, 0.6) is 0 Å². The number of nitrogens with zero attached hydrogens (tertiary/aromatic N) is 2. The fourth-order valence-corrected chi connectivity index (χ4v) is 3.39. The number of aromatic nitrogens is 1. The van der Waals surface area contributed by atoms with Gasteiger partial charge in [0, 0.05) is 29.7 Å². The number of carbonyl (C=O) groups is 2. The largest absolute Gasteiger partial charge is 0.377 e. The third-order valence-corrected chi connectivity index (χ3v) is 4.66. The zero-order valence-electron chi connectivity index (χ0n) is 15.2. The average Bonchev–Trinajstić information content (AvgIpc) is 3.24. The predicted molar refractivity (Wildman–Crippen MR) is 100 cm³/mol. The second-order valence-electron chi connectivity index (χ2n) is 6.45. The molecule has 0 saturated carbocycles. The summed E-state index contributed by atoms with van der Waals surface area (Å²) in [6.45, 7) is 7.49. The number of benzene rings is 1. The highest BCUT2D eigenvalue weighted by atomic mass is 16.5. The summed E-state index contributed by atoms with van der Waals surface area (Å²) in [6.07, 6.45) is 3.01. The first kappa shape index (κ1) is 18.2. The summed E-state index contributed by atoms with van der Waals surface area (Å²) in [5, 5.41) is 4.23. The number of aryl methyl sites for hydroxylation is 1. The molecule has 0 spiro atoms. The van der Waals surface area contributed by atoms with E-state index in [1.54, 1.807) is 16.1 Å². The molecule has 0 atom stereocenters. The molecule has 6 heteroatoms. The lowest BCUT2D eigenvalue weighted by Crippen LogP contribution is -2.45. The number of aromatic amines is 1. The Balaban J connectivity index is 1.67. The van der Waals surface area contributed by atoms with Gasteiger partial charge in [-0.15, -0.1) is 6.58 Å². The Morgan fingerprint density at radius 1 is 1.23 bits per heavy atom. The fraction of sp³-hybridized carbons (Fsp3) is 0.400. The van der Waals surface area contributed by atoms with Crippen molar-refractivity contribution in [3.63, 3.8) is 0 Å². The summed E-state index contributed by atoms with van der Waals surface area (Å²) >= 11 is 0. The number of para-hydroxylation sites is 1. The Kier molecular flexibility index (Phi) is 5.73. The third kappa shape index (κ3) is 3.80. The minimum absolute atomic E-state index is 0.0456. The number of amides is 2. The standard InChI is InChI=1S/C20H25N3O3/c1-3-12-26-13-9-19(24)22-10-6-11-23(22)20(25)14-17-15(2)21-18-8-5-4-7-16(17)18/h3-5,7-8,21H,1,6,9-14H2,2H3. The average molecular weight is 355 g/mol. The van der Waals surface area contributed by atoms with Crippen LogP contribution in [-0.4, -0.2) is 53.1 Å². The van der Waals surface area contributed by atoms with Crippen LogP contribution in [0.3, 0.4) is 0 Å². The third-order valence-electron chi connectivity index (χ3n) is 4.66. The summed E-state index contributed by atoms with van der Waals surface area (Å²) in [7, 11) is 0. The summed E-state index contributed by atoms with van der Waals surface area (Å²) < 4.78 is 5.28. The number of hydrogen-bond donors (Lipinski definition) is 1. The maximum absolute atomic E-state index is 12.9. The van der Waals surface area contributed by atoms with Crippen molar-refractivity contribution in [1.29, 1.82) is 0 Å². The van der Waals surface area contributed by atoms with E-state index in [1.807, 2.05) is 31.2 Å². The highest BCUT2D eigenvalue weighted by Crippen LogP contribution is 2.24. The van der Waals surface area contributed by atoms with Gasteiger partial charge in [0.25, 0.3) is 0 Å². The van der Waals surface area contributed by atoms with E-state index in [4.69, 9.17) is 4.74 Å². The van der Waals surface area contributed by atoms with E-state index in [9.17, 15) is 9.59 Å². The van der Waals surface area contributed by atoms with Crippen LogP contribution in [-0.2, 0) is 20.7 Å². The lowest BCUT2D eigenvalue weighted by atomic mass is 10.1. The maximum atomic E-state index is 12.9. The Bertz CT molecular complexity index is 812. The van der Waals surface area contributed by atoms with Crippen molar-refractivity contribution in [2.24, 2.45) is 0 Å². The van der Waals surface area contributed by atoms with E-state index in [1.165, 1.54) is 0 Å². The van der Waals surface area contributed by atoms with Gasteiger partial charge in [-0.25, -0.2) is 0 Å². The van der Waals surface area contributed by atoms with Crippen molar-refractivity contribution in [3.05, 3.63) is 48.2 Å². The first-order valence-electron chi connectivity index (χ1n) is 8.97. The fourth-order valence-electron chi connectivity index (χ4n) is 3.39. The number of nitrogens with one attached hydrogen (secondary N) is 1. The van der Waals surface area contributed by atoms with Crippen LogP contribution in [0, 0.1) is 6.92 Å². The molecule has 2 aromatic rings. The van der Waals surface area contributed by atoms with Crippen LogP contribution in [0.2, 0.25) is 0 Å². The van der Waals surface area contributed by atoms with E-state index in [0.717, 1.165) is 28.6 Å². The second kappa shape index (κ2) is 8.19. The van der Waals surface area contributed by atoms with Crippen LogP contribution in [0.1, 0.15) is 24.1 Å². The summed E-state index contributed by atoms with van der Waals surface area (Å²) in [4.78, 5) is 28.6. The van der Waals surface area contributed by atoms with Crippen LogP contribution in [0.4, 0.5) is 0 Å². The zero-order chi connectivity index (χ0) is 18.5. The summed E-state index contributed by atoms with van der Waals surface area (Å²) in [6, 6.07) is 7.97. The van der Waals surface area contributed by atoms with Crippen LogP contribution >= 0.6 is 0 Å². The van der Waals surface area contributed by atoms with Gasteiger partial charge in [-0.05, 0) is 25.0 Å². The molecule has 0 unspecified atom stereocenters. The Morgan fingerprint density at radius 3 is 2.73 bits per heavy atom. The van der Waals surface area contributed by atoms with E-state index >= 15 is 0 Å². The summed E-state index contributed by atoms with van der Waals surface area (Å²) in [5.74, 6) is -0.119. The molecule has 26 heavy (non-hydrogen) atoms. The molecule has 1 aliphatic rings. The van der Waals surface area contributed by atoms with Gasteiger partial charge < -0.3 is 9.72 Å². The first-order valence-corrected chi connectivity index (χ1v) is 8.97. The van der Waals surface area contributed by atoms with E-state index < -0.39 is 0 Å². The molecule has 1 aromatic carbocycles. The van der Waals surface area contributed by atoms with E-state index in [0.29, 0.717) is 26.3 Å². The molecule has 6 nitrogen and oxygen atoms in total. The van der Waals surface area contributed by atoms with E-state index in [2.05, 4.69) is 11.6 Å². The smallest absolute Gasteiger partial charge is 0.245 e. The van der Waals surface area contributed by atoms with Gasteiger partial charge in [-0.3, -0.25) is 19.6 Å². The second-order valence-corrected chi connectivity index (χ2v) is 6.45. The molecule has 1 fully saturated rings. The highest BCUT2D eigenvalue weighted by molar-refractivity contribution is 5.91. The molecule has 2 amide bonds. The Hall–Kier alpha value is -2.60. The number of hydrogen-bond acceptors (Lipinski definition) is 3. The lowest BCUT2D eigenvalue weighted by Gasteiger charge is -2.28. The van der Waals surface area contributed by atoms with E-state index in [-0.39, 0.29) is 24.7 Å². The van der Waals surface area contributed by atoms with Gasteiger partial charge in [0.1, 0.15) is 0 Å². The van der Waals surface area contributed by atoms with Crippen molar-refractivity contribution in [2.75, 3.05) is 26.3 Å². The molecule has 1 aromatic heterocycles. The number of ether oxygens (including phenoxy) is 1. The van der Waals surface area contributed by atoms with Crippen LogP contribution in [0.15, 0.2) is 36.9 Å². The predicted octanol–water partition coefficient (Wildman–Crippen LogP) is 2.59. The summed E-state index contributed by atoms with van der Waals surface area (Å²) in [5.41, 5.74) is 3.02. The molecule has 1 aliphatic heterocycles. The van der Waals surface area contributed by atoms with Gasteiger partial charge in [-0.1, -0.05) is 24.3 Å². The molecule has 138 valence electrons. The van der Waals surface area contributed by atoms with Crippen molar-refractivity contribution >= 4 is 22.7 Å². The van der Waals surface area contributed by atoms with Gasteiger partial charge in [-0.2, -0.15) is 0 Å². The molecule has 1 N–H and O–H groups in total. The van der Waals surface area contributed by atoms with Gasteiger partial charge in [0.2, 0.25) is 11.8 Å². The first-order chi connectivity index (χ1) is 12.6. The minimum Gasteiger partial charge on any atom is -0.377 e. The quantitative estimate of drug-likeness (QED) is 0.613. The molecule has 3 rings (SSSR count). The van der Waals surface area contributed by atoms with Crippen molar-refractivity contribution in [3.8, 4) is 0 Å². The molecule has 0 aliphatic carbocycles. The topological polar surface area (TPSA) is 65.6 Å². The van der Waals surface area contributed by atoms with Gasteiger partial charge in [0.15, 0.2) is 0 Å². The maximum Gasteiger partial charge on any atom is 0.245 e. The number of H-pyrrole nitrogens is 1. The SMILES string of the molecule is C=CCOCCC(=O)N1CCCN1C(=O)Cc1c(C)[nH]c2ccccc12. The minimum atomic E-state index is -0.0736. The molecule has 1 saturated heterocycles. The molecule has 0 radical (unpaired) electrons. The van der Waals surface area contributed by atoms with Gasteiger partial charge >= 0.3 is 0 Å². The molecule has 2 heterocycles. The van der Waals surface area contributed by atoms with Gasteiger partial charge in [0.05, 0.1) is 26.1 Å². The molecular weight excluding hydrogens is 330 g/mol. The van der Waals surface area contributed by atoms with Crippen molar-refractivity contribution in [2.45, 2.75) is 26.2 Å². The zero-order valence-corrected chi connectivity index (χ0v) is 15.2. The Labute approximate surface area is 153 Å². The molecular formula is C20H25N3O3.